The highest BCUT2D eigenvalue weighted by Gasteiger charge is 2.35. The molecule has 0 aliphatic heterocycles. The topological polar surface area (TPSA) is 9.23 Å². The summed E-state index contributed by atoms with van der Waals surface area (Å²) in [5, 5.41) is 0. The van der Waals surface area contributed by atoms with Gasteiger partial charge in [-0.25, -0.2) is 0 Å². The number of ether oxygens (including phenoxy) is 1. The van der Waals surface area contributed by atoms with Gasteiger partial charge in [0.2, 0.25) is 0 Å². The van der Waals surface area contributed by atoms with Crippen molar-refractivity contribution in [3.63, 3.8) is 0 Å². The first-order chi connectivity index (χ1) is 15.7. The second kappa shape index (κ2) is 13.2. The van der Waals surface area contributed by atoms with Gasteiger partial charge in [0.1, 0.15) is 0 Å². The predicted molar refractivity (Wildman–Crippen MR) is 137 cm³/mol. The van der Waals surface area contributed by atoms with Crippen molar-refractivity contribution in [1.82, 2.24) is 0 Å². The molecule has 3 rings (SSSR count). The van der Waals surface area contributed by atoms with E-state index in [0.29, 0.717) is 6.10 Å². The molecular formula is C31H40O. The van der Waals surface area contributed by atoms with Crippen molar-refractivity contribution in [2.75, 3.05) is 6.61 Å². The molecule has 0 saturated heterocycles. The molecule has 0 atom stereocenters. The van der Waals surface area contributed by atoms with Crippen LogP contribution in [0, 0.1) is 0 Å². The standard InChI is InChI=1S/C31H40O/c1-27(2)32-26-18-7-5-3-4-6-17-25-31(28-19-11-8-12-20-28,29-21-13-9-14-22-29)30-23-15-10-16-24-30/h8-16,19-24,27H,3-7,17-18,25-26H2,1-2H3. The molecule has 0 aliphatic rings. The number of hydrogen-bond donors (Lipinski definition) is 0. The van der Waals surface area contributed by atoms with Gasteiger partial charge >= 0.3 is 0 Å². The van der Waals surface area contributed by atoms with E-state index in [2.05, 4.69) is 105 Å². The van der Waals surface area contributed by atoms with E-state index in [-0.39, 0.29) is 5.41 Å². The van der Waals surface area contributed by atoms with Crippen LogP contribution in [0.1, 0.15) is 81.9 Å². The van der Waals surface area contributed by atoms with Gasteiger partial charge < -0.3 is 4.74 Å². The van der Waals surface area contributed by atoms with Gasteiger partial charge in [-0.2, -0.15) is 0 Å². The lowest BCUT2D eigenvalue weighted by Crippen LogP contribution is -2.29. The van der Waals surface area contributed by atoms with E-state index >= 15 is 0 Å². The van der Waals surface area contributed by atoms with Crippen molar-refractivity contribution in [3.05, 3.63) is 108 Å². The summed E-state index contributed by atoms with van der Waals surface area (Å²) in [7, 11) is 0. The fourth-order valence-corrected chi connectivity index (χ4v) is 4.80. The summed E-state index contributed by atoms with van der Waals surface area (Å²) >= 11 is 0. The van der Waals surface area contributed by atoms with E-state index in [9.17, 15) is 0 Å². The van der Waals surface area contributed by atoms with Crippen molar-refractivity contribution < 1.29 is 4.74 Å². The highest BCUT2D eigenvalue weighted by atomic mass is 16.5. The molecular weight excluding hydrogens is 388 g/mol. The van der Waals surface area contributed by atoms with Crippen LogP contribution >= 0.6 is 0 Å². The quantitative estimate of drug-likeness (QED) is 0.184. The first-order valence-corrected chi connectivity index (χ1v) is 12.5. The normalized spacial score (nSPS) is 11.7. The third-order valence-electron chi connectivity index (χ3n) is 6.45. The Kier molecular flexibility index (Phi) is 10.0. The third kappa shape index (κ3) is 6.81. The average Bonchev–Trinajstić information content (AvgIpc) is 2.84. The maximum atomic E-state index is 5.65. The average molecular weight is 429 g/mol. The summed E-state index contributed by atoms with van der Waals surface area (Å²) in [6, 6.07) is 33.3. The van der Waals surface area contributed by atoms with Crippen LogP contribution in [0.15, 0.2) is 91.0 Å². The van der Waals surface area contributed by atoms with E-state index < -0.39 is 0 Å². The number of rotatable bonds is 14. The zero-order valence-electron chi connectivity index (χ0n) is 20.0. The summed E-state index contributed by atoms with van der Waals surface area (Å²) in [6.45, 7) is 5.13. The van der Waals surface area contributed by atoms with E-state index in [1.54, 1.807) is 0 Å². The smallest absolute Gasteiger partial charge is 0.0518 e. The molecule has 0 heterocycles. The first kappa shape index (κ1) is 24.3. The first-order valence-electron chi connectivity index (χ1n) is 12.5. The Bertz CT molecular complexity index is 758. The van der Waals surface area contributed by atoms with Gasteiger partial charge in [0.15, 0.2) is 0 Å². The third-order valence-corrected chi connectivity index (χ3v) is 6.45. The summed E-state index contributed by atoms with van der Waals surface area (Å²) in [6.07, 6.45) is 10.5. The lowest BCUT2D eigenvalue weighted by Gasteiger charge is -2.36. The Balaban J connectivity index is 1.65. The van der Waals surface area contributed by atoms with Crippen molar-refractivity contribution in [1.29, 1.82) is 0 Å². The molecule has 3 aromatic rings. The van der Waals surface area contributed by atoms with Crippen LogP contribution in [0.5, 0.6) is 0 Å². The zero-order valence-corrected chi connectivity index (χ0v) is 20.0. The predicted octanol–water partition coefficient (Wildman–Crippen LogP) is 8.57. The Morgan fingerprint density at radius 3 is 1.31 bits per heavy atom. The van der Waals surface area contributed by atoms with Gasteiger partial charge in [-0.3, -0.25) is 0 Å². The monoisotopic (exact) mass is 428 g/mol. The minimum atomic E-state index is -0.0992. The molecule has 0 unspecified atom stereocenters. The van der Waals surface area contributed by atoms with Crippen LogP contribution in [0.2, 0.25) is 0 Å². The van der Waals surface area contributed by atoms with E-state index in [1.165, 1.54) is 61.6 Å². The summed E-state index contributed by atoms with van der Waals surface area (Å²) in [5.41, 5.74) is 4.07. The molecule has 0 radical (unpaired) electrons. The summed E-state index contributed by atoms with van der Waals surface area (Å²) in [5.74, 6) is 0. The van der Waals surface area contributed by atoms with Gasteiger partial charge in [0, 0.05) is 12.0 Å². The van der Waals surface area contributed by atoms with E-state index in [0.717, 1.165) is 13.0 Å². The lowest BCUT2D eigenvalue weighted by atomic mass is 9.66. The number of hydrogen-bond acceptors (Lipinski definition) is 1. The molecule has 0 spiro atoms. The van der Waals surface area contributed by atoms with Gasteiger partial charge in [-0.15, -0.1) is 0 Å². The van der Waals surface area contributed by atoms with Crippen LogP contribution in [0.25, 0.3) is 0 Å². The van der Waals surface area contributed by atoms with Gasteiger partial charge in [-0.05, 0) is 43.4 Å². The highest BCUT2D eigenvalue weighted by molar-refractivity contribution is 5.50. The summed E-state index contributed by atoms with van der Waals surface area (Å²) in [4.78, 5) is 0. The van der Waals surface area contributed by atoms with Gasteiger partial charge in [0.25, 0.3) is 0 Å². The largest absolute Gasteiger partial charge is 0.379 e. The van der Waals surface area contributed by atoms with Crippen LogP contribution < -0.4 is 0 Å². The van der Waals surface area contributed by atoms with Crippen molar-refractivity contribution in [2.24, 2.45) is 0 Å². The Hall–Kier alpha value is -2.38. The summed E-state index contributed by atoms with van der Waals surface area (Å²) < 4.78 is 5.65. The second-order valence-corrected chi connectivity index (χ2v) is 9.15. The van der Waals surface area contributed by atoms with Gasteiger partial charge in [0.05, 0.1) is 6.10 Å². The Morgan fingerprint density at radius 2 is 0.906 bits per heavy atom. The van der Waals surface area contributed by atoms with Crippen LogP contribution in [0.3, 0.4) is 0 Å². The maximum absolute atomic E-state index is 5.65. The number of unbranched alkanes of at least 4 members (excludes halogenated alkanes) is 6. The fourth-order valence-electron chi connectivity index (χ4n) is 4.80. The molecule has 0 aromatic heterocycles. The van der Waals surface area contributed by atoms with E-state index in [1.807, 2.05) is 0 Å². The second-order valence-electron chi connectivity index (χ2n) is 9.15. The van der Waals surface area contributed by atoms with Crippen molar-refractivity contribution in [2.45, 2.75) is 76.7 Å². The molecule has 0 N–H and O–H groups in total. The molecule has 0 aliphatic carbocycles. The molecule has 1 heteroatoms. The van der Waals surface area contributed by atoms with Crippen LogP contribution in [0.4, 0.5) is 0 Å². The van der Waals surface area contributed by atoms with Crippen molar-refractivity contribution in [3.8, 4) is 0 Å². The molecule has 0 saturated carbocycles. The minimum Gasteiger partial charge on any atom is -0.379 e. The van der Waals surface area contributed by atoms with Gasteiger partial charge in [-0.1, -0.05) is 130 Å². The highest BCUT2D eigenvalue weighted by Crippen LogP contribution is 2.43. The molecule has 0 fully saturated rings. The minimum absolute atomic E-state index is 0.0992. The molecule has 1 nitrogen and oxygen atoms in total. The molecule has 32 heavy (non-hydrogen) atoms. The Morgan fingerprint density at radius 1 is 0.531 bits per heavy atom. The van der Waals surface area contributed by atoms with Crippen LogP contribution in [-0.2, 0) is 10.2 Å². The molecule has 170 valence electrons. The lowest BCUT2D eigenvalue weighted by molar-refractivity contribution is 0.0756. The molecule has 3 aromatic carbocycles. The SMILES string of the molecule is CC(C)OCCCCCCCCCC(c1ccccc1)(c1ccccc1)c1ccccc1. The maximum Gasteiger partial charge on any atom is 0.0518 e. The van der Waals surface area contributed by atoms with Crippen molar-refractivity contribution >= 4 is 0 Å². The number of benzene rings is 3. The van der Waals surface area contributed by atoms with E-state index in [4.69, 9.17) is 4.74 Å². The Labute approximate surface area is 195 Å². The zero-order chi connectivity index (χ0) is 22.5. The fraction of sp³-hybridized carbons (Fsp3) is 0.419. The van der Waals surface area contributed by atoms with Crippen LogP contribution in [-0.4, -0.2) is 12.7 Å². The molecule has 0 amide bonds. The molecule has 0 bridgehead atoms.